The highest BCUT2D eigenvalue weighted by molar-refractivity contribution is 14.0. The number of guanidine groups is 1. The summed E-state index contributed by atoms with van der Waals surface area (Å²) in [6, 6.07) is 12.3. The van der Waals surface area contributed by atoms with Crippen LogP contribution in [-0.4, -0.2) is 56.2 Å². The van der Waals surface area contributed by atoms with Crippen molar-refractivity contribution >= 4 is 41.7 Å². The number of hydrogen-bond donors (Lipinski definition) is 3. The van der Waals surface area contributed by atoms with Gasteiger partial charge in [0.15, 0.2) is 12.6 Å². The van der Waals surface area contributed by atoms with Crippen LogP contribution in [0.25, 0.3) is 0 Å². The maximum Gasteiger partial charge on any atom is 0.257 e. The Bertz CT molecular complexity index is 898. The monoisotopic (exact) mass is 566 g/mol. The molecule has 2 aromatic rings. The first kappa shape index (κ1) is 26.7. The lowest BCUT2D eigenvalue weighted by Gasteiger charge is -2.33. The van der Waals surface area contributed by atoms with Crippen LogP contribution in [0.3, 0.4) is 0 Å². The van der Waals surface area contributed by atoms with E-state index in [9.17, 15) is 4.79 Å². The average Bonchev–Trinajstić information content (AvgIpc) is 2.82. The van der Waals surface area contributed by atoms with Crippen LogP contribution in [-0.2, 0) is 11.3 Å². The predicted octanol–water partition coefficient (Wildman–Crippen LogP) is 2.86. The molecular formula is C24H35IN6O2. The Hall–Kier alpha value is -2.56. The number of carbonyl (C=O) groups is 1. The highest BCUT2D eigenvalue weighted by atomic mass is 127. The summed E-state index contributed by atoms with van der Waals surface area (Å²) in [6.07, 6.45) is 3.98. The molecule has 3 rings (SSSR count). The Morgan fingerprint density at radius 1 is 1.21 bits per heavy atom. The van der Waals surface area contributed by atoms with Crippen molar-refractivity contribution in [3.05, 3.63) is 53.7 Å². The van der Waals surface area contributed by atoms with E-state index in [1.54, 1.807) is 7.05 Å². The number of carbonyl (C=O) groups excluding carboxylic acids is 1. The first-order chi connectivity index (χ1) is 15.6. The normalized spacial score (nSPS) is 14.3. The number of piperidine rings is 1. The number of anilines is 1. The van der Waals surface area contributed by atoms with E-state index in [2.05, 4.69) is 49.9 Å². The summed E-state index contributed by atoms with van der Waals surface area (Å²) in [4.78, 5) is 22.8. The number of halogens is 1. The van der Waals surface area contributed by atoms with Gasteiger partial charge in [-0.3, -0.25) is 9.79 Å². The van der Waals surface area contributed by atoms with E-state index < -0.39 is 0 Å². The van der Waals surface area contributed by atoms with Crippen molar-refractivity contribution in [1.29, 1.82) is 0 Å². The van der Waals surface area contributed by atoms with Gasteiger partial charge in [0.2, 0.25) is 0 Å². The molecule has 0 unspecified atom stereocenters. The van der Waals surface area contributed by atoms with Crippen LogP contribution in [0.4, 0.5) is 5.82 Å². The molecular weight excluding hydrogens is 531 g/mol. The maximum absolute atomic E-state index is 11.6. The summed E-state index contributed by atoms with van der Waals surface area (Å²) < 4.78 is 5.57. The van der Waals surface area contributed by atoms with E-state index in [4.69, 9.17) is 4.74 Å². The van der Waals surface area contributed by atoms with E-state index in [-0.39, 0.29) is 36.5 Å². The van der Waals surface area contributed by atoms with Gasteiger partial charge in [0.05, 0.1) is 0 Å². The fraction of sp³-hybridized carbons (Fsp3) is 0.458. The molecule has 0 aliphatic carbocycles. The predicted molar refractivity (Wildman–Crippen MR) is 144 cm³/mol. The molecule has 0 bridgehead atoms. The lowest BCUT2D eigenvalue weighted by atomic mass is 10.1. The Morgan fingerprint density at radius 3 is 2.67 bits per heavy atom. The number of amides is 1. The Morgan fingerprint density at radius 2 is 2.00 bits per heavy atom. The highest BCUT2D eigenvalue weighted by Crippen LogP contribution is 2.18. The minimum Gasteiger partial charge on any atom is -0.484 e. The Kier molecular flexibility index (Phi) is 11.2. The van der Waals surface area contributed by atoms with Crippen LogP contribution in [0.2, 0.25) is 0 Å². The fourth-order valence-corrected chi connectivity index (χ4v) is 3.62. The summed E-state index contributed by atoms with van der Waals surface area (Å²) >= 11 is 0. The van der Waals surface area contributed by atoms with Crippen LogP contribution >= 0.6 is 24.0 Å². The van der Waals surface area contributed by atoms with Gasteiger partial charge in [0.25, 0.3) is 5.91 Å². The first-order valence-corrected chi connectivity index (χ1v) is 11.2. The van der Waals surface area contributed by atoms with Crippen molar-refractivity contribution in [3.63, 3.8) is 0 Å². The molecule has 3 N–H and O–H groups in total. The third-order valence-electron chi connectivity index (χ3n) is 5.38. The van der Waals surface area contributed by atoms with Gasteiger partial charge in [-0.1, -0.05) is 18.2 Å². The Labute approximate surface area is 213 Å². The van der Waals surface area contributed by atoms with Crippen molar-refractivity contribution in [3.8, 4) is 5.75 Å². The molecule has 1 amide bonds. The molecule has 1 saturated heterocycles. The SMILES string of the molecule is CCNC(=O)COc1cccc(CNC(=NC)NC2CCN(c3ccc(C)cn3)CC2)c1.I. The summed E-state index contributed by atoms with van der Waals surface area (Å²) in [5.41, 5.74) is 2.24. The number of benzene rings is 1. The number of aryl methyl sites for hydroxylation is 1. The van der Waals surface area contributed by atoms with Crippen LogP contribution in [0, 0.1) is 6.92 Å². The molecule has 33 heavy (non-hydrogen) atoms. The second-order valence-corrected chi connectivity index (χ2v) is 7.91. The fourth-order valence-electron chi connectivity index (χ4n) is 3.62. The quantitative estimate of drug-likeness (QED) is 0.259. The van der Waals surface area contributed by atoms with Crippen molar-refractivity contribution in [2.45, 2.75) is 39.3 Å². The van der Waals surface area contributed by atoms with Crippen LogP contribution in [0.15, 0.2) is 47.6 Å². The zero-order valence-electron chi connectivity index (χ0n) is 19.6. The number of aliphatic imine (C=N–C) groups is 1. The molecule has 180 valence electrons. The minimum absolute atomic E-state index is 0. The summed E-state index contributed by atoms with van der Waals surface area (Å²) in [5, 5.41) is 9.63. The van der Waals surface area contributed by atoms with E-state index >= 15 is 0 Å². The first-order valence-electron chi connectivity index (χ1n) is 11.2. The lowest BCUT2D eigenvalue weighted by Crippen LogP contribution is -2.48. The topological polar surface area (TPSA) is 90.9 Å². The van der Waals surface area contributed by atoms with Gasteiger partial charge in [0.1, 0.15) is 11.6 Å². The van der Waals surface area contributed by atoms with E-state index in [0.29, 0.717) is 24.9 Å². The van der Waals surface area contributed by atoms with Crippen LogP contribution < -0.4 is 25.6 Å². The van der Waals surface area contributed by atoms with Crippen LogP contribution in [0.1, 0.15) is 30.9 Å². The molecule has 0 radical (unpaired) electrons. The van der Waals surface area contributed by atoms with Crippen molar-refractivity contribution in [2.24, 2.45) is 4.99 Å². The molecule has 0 atom stereocenters. The number of hydrogen-bond acceptors (Lipinski definition) is 5. The molecule has 0 saturated carbocycles. The van der Waals surface area contributed by atoms with Crippen molar-refractivity contribution < 1.29 is 9.53 Å². The van der Waals surface area contributed by atoms with Gasteiger partial charge in [0, 0.05) is 45.5 Å². The average molecular weight is 566 g/mol. The molecule has 1 fully saturated rings. The maximum atomic E-state index is 11.6. The molecule has 9 heteroatoms. The van der Waals surface area contributed by atoms with E-state index in [1.807, 2.05) is 37.4 Å². The zero-order chi connectivity index (χ0) is 22.8. The molecule has 1 aromatic heterocycles. The van der Waals surface area contributed by atoms with Gasteiger partial charge in [-0.15, -0.1) is 24.0 Å². The molecule has 0 spiro atoms. The van der Waals surface area contributed by atoms with Crippen molar-refractivity contribution in [2.75, 3.05) is 38.2 Å². The molecule has 1 aliphatic heterocycles. The number of nitrogens with one attached hydrogen (secondary N) is 3. The number of nitrogens with zero attached hydrogens (tertiary/aromatic N) is 3. The molecule has 2 heterocycles. The number of likely N-dealkylation sites (N-methyl/N-ethyl adjacent to an activating group) is 1. The number of pyridine rings is 1. The van der Waals surface area contributed by atoms with Crippen LogP contribution in [0.5, 0.6) is 5.75 Å². The van der Waals surface area contributed by atoms with E-state index in [1.165, 1.54) is 5.56 Å². The van der Waals surface area contributed by atoms with Gasteiger partial charge < -0.3 is 25.6 Å². The largest absolute Gasteiger partial charge is 0.484 e. The van der Waals surface area contributed by atoms with E-state index in [0.717, 1.165) is 43.3 Å². The summed E-state index contributed by atoms with van der Waals surface area (Å²) in [7, 11) is 1.78. The molecule has 1 aliphatic rings. The van der Waals surface area contributed by atoms with Gasteiger partial charge in [-0.05, 0) is 56.0 Å². The number of ether oxygens (including phenoxy) is 1. The van der Waals surface area contributed by atoms with Gasteiger partial charge in [-0.2, -0.15) is 0 Å². The zero-order valence-corrected chi connectivity index (χ0v) is 22.0. The second-order valence-electron chi connectivity index (χ2n) is 7.91. The molecule has 1 aromatic carbocycles. The number of aromatic nitrogens is 1. The van der Waals surface area contributed by atoms with Crippen molar-refractivity contribution in [1.82, 2.24) is 20.9 Å². The number of rotatable bonds is 8. The standard InChI is InChI=1S/C24H34N6O2.HI/c1-4-26-23(31)17-32-21-7-5-6-19(14-21)16-28-24(25-3)29-20-10-12-30(13-11-20)22-9-8-18(2)15-27-22;/h5-9,14-15,20H,4,10-13,16-17H2,1-3H3,(H,26,31)(H2,25,28,29);1H. The third kappa shape index (κ3) is 8.71. The summed E-state index contributed by atoms with van der Waals surface area (Å²) in [5.74, 6) is 2.39. The second kappa shape index (κ2) is 13.9. The Balaban J connectivity index is 0.00000385. The smallest absolute Gasteiger partial charge is 0.257 e. The summed E-state index contributed by atoms with van der Waals surface area (Å²) in [6.45, 7) is 7.11. The minimum atomic E-state index is -0.121. The molecule has 8 nitrogen and oxygen atoms in total. The lowest BCUT2D eigenvalue weighted by molar-refractivity contribution is -0.122. The van der Waals surface area contributed by atoms with Gasteiger partial charge in [-0.25, -0.2) is 4.98 Å². The highest BCUT2D eigenvalue weighted by Gasteiger charge is 2.20. The third-order valence-corrected chi connectivity index (χ3v) is 5.38. The van der Waals surface area contributed by atoms with Gasteiger partial charge >= 0.3 is 0 Å².